The molecule has 1 rings (SSSR count). The van der Waals surface area contributed by atoms with E-state index >= 15 is 0 Å². The number of halogens is 1. The molecule has 3 heteroatoms. The normalized spacial score (nSPS) is 21.5. The fourth-order valence-corrected chi connectivity index (χ4v) is 1.18. The second-order valence-corrected chi connectivity index (χ2v) is 3.45. The third kappa shape index (κ3) is 3.01. The van der Waals surface area contributed by atoms with Gasteiger partial charge in [0.05, 0.1) is 5.92 Å². The second kappa shape index (κ2) is 4.21. The molecule has 0 aromatic rings. The maximum Gasteiger partial charge on any atom is 0.227 e. The van der Waals surface area contributed by atoms with E-state index in [1.165, 1.54) is 12.2 Å². The van der Waals surface area contributed by atoms with Crippen LogP contribution in [0.5, 0.6) is 0 Å². The van der Waals surface area contributed by atoms with Crippen molar-refractivity contribution in [2.24, 2.45) is 5.92 Å². The van der Waals surface area contributed by atoms with Gasteiger partial charge in [-0.3, -0.25) is 4.79 Å². The third-order valence-electron chi connectivity index (χ3n) is 1.82. The number of carbonyl (C=O) groups excluding carboxylic acids is 1. The minimum Gasteiger partial charge on any atom is -0.353 e. The van der Waals surface area contributed by atoms with Crippen LogP contribution in [0.25, 0.3) is 0 Å². The molecule has 0 fully saturated rings. The molecule has 0 aliphatic heterocycles. The van der Waals surface area contributed by atoms with Gasteiger partial charge in [0.2, 0.25) is 5.91 Å². The van der Waals surface area contributed by atoms with Gasteiger partial charge in [-0.25, -0.2) is 4.39 Å². The van der Waals surface area contributed by atoms with Gasteiger partial charge in [-0.05, 0) is 32.4 Å². The van der Waals surface area contributed by atoms with Gasteiger partial charge >= 0.3 is 0 Å². The van der Waals surface area contributed by atoms with E-state index in [0.717, 1.165) is 0 Å². The van der Waals surface area contributed by atoms with Crippen LogP contribution in [-0.4, -0.2) is 11.9 Å². The molecule has 1 aliphatic rings. The monoisotopic (exact) mass is 183 g/mol. The molecule has 0 bridgehead atoms. The first-order chi connectivity index (χ1) is 6.09. The van der Waals surface area contributed by atoms with E-state index in [1.807, 2.05) is 13.8 Å². The van der Waals surface area contributed by atoms with E-state index < -0.39 is 0 Å². The zero-order chi connectivity index (χ0) is 9.84. The lowest BCUT2D eigenvalue weighted by Gasteiger charge is -2.15. The summed E-state index contributed by atoms with van der Waals surface area (Å²) < 4.78 is 12.5. The Kier molecular flexibility index (Phi) is 3.23. The predicted molar refractivity (Wildman–Crippen MR) is 49.7 cm³/mol. The molecule has 1 amide bonds. The summed E-state index contributed by atoms with van der Waals surface area (Å²) in [5.41, 5.74) is 0. The Hall–Kier alpha value is -1.12. The smallest absolute Gasteiger partial charge is 0.227 e. The molecule has 1 atom stereocenters. The van der Waals surface area contributed by atoms with Gasteiger partial charge in [-0.1, -0.05) is 6.08 Å². The molecule has 0 heterocycles. The lowest BCUT2D eigenvalue weighted by Crippen LogP contribution is -2.35. The summed E-state index contributed by atoms with van der Waals surface area (Å²) in [4.78, 5) is 11.4. The second-order valence-electron chi connectivity index (χ2n) is 3.45. The molecular formula is C10H14FNO. The van der Waals surface area contributed by atoms with Crippen molar-refractivity contribution in [3.05, 3.63) is 24.1 Å². The van der Waals surface area contributed by atoms with Crippen LogP contribution in [0.1, 0.15) is 20.3 Å². The van der Waals surface area contributed by atoms with Gasteiger partial charge in [0, 0.05) is 6.04 Å². The Morgan fingerprint density at radius 1 is 1.69 bits per heavy atom. The Balaban J connectivity index is 2.47. The molecule has 1 unspecified atom stereocenters. The maximum atomic E-state index is 12.5. The summed E-state index contributed by atoms with van der Waals surface area (Å²) in [7, 11) is 0. The van der Waals surface area contributed by atoms with Crippen molar-refractivity contribution in [3.8, 4) is 0 Å². The highest BCUT2D eigenvalue weighted by Crippen LogP contribution is 2.17. The molecule has 0 saturated heterocycles. The molecule has 1 N–H and O–H groups in total. The quantitative estimate of drug-likeness (QED) is 0.696. The zero-order valence-electron chi connectivity index (χ0n) is 7.88. The molecule has 0 saturated carbocycles. The molecular weight excluding hydrogens is 169 g/mol. The molecule has 72 valence electrons. The van der Waals surface area contributed by atoms with Crippen LogP contribution in [0.2, 0.25) is 0 Å². The highest BCUT2D eigenvalue weighted by Gasteiger charge is 2.17. The number of rotatable bonds is 2. The van der Waals surface area contributed by atoms with E-state index in [1.54, 1.807) is 6.08 Å². The van der Waals surface area contributed by atoms with Crippen LogP contribution < -0.4 is 5.32 Å². The number of allylic oxidation sites excluding steroid dienone is 3. The molecule has 2 nitrogen and oxygen atoms in total. The van der Waals surface area contributed by atoms with Crippen molar-refractivity contribution in [1.82, 2.24) is 5.32 Å². The fourth-order valence-electron chi connectivity index (χ4n) is 1.18. The maximum absolute atomic E-state index is 12.5. The minimum absolute atomic E-state index is 0.0324. The summed E-state index contributed by atoms with van der Waals surface area (Å²) >= 11 is 0. The molecule has 13 heavy (non-hydrogen) atoms. The van der Waals surface area contributed by atoms with Crippen LogP contribution in [0.4, 0.5) is 4.39 Å². The van der Waals surface area contributed by atoms with E-state index in [-0.39, 0.29) is 23.7 Å². The molecule has 0 radical (unpaired) electrons. The van der Waals surface area contributed by atoms with Crippen molar-refractivity contribution in [2.45, 2.75) is 26.3 Å². The van der Waals surface area contributed by atoms with E-state index in [9.17, 15) is 9.18 Å². The van der Waals surface area contributed by atoms with Gasteiger partial charge in [0.15, 0.2) is 0 Å². The number of amides is 1. The summed E-state index contributed by atoms with van der Waals surface area (Å²) in [6, 6.07) is 0.136. The summed E-state index contributed by atoms with van der Waals surface area (Å²) in [5, 5.41) is 2.79. The number of nitrogens with one attached hydrogen (secondary N) is 1. The van der Waals surface area contributed by atoms with Crippen LogP contribution in [-0.2, 0) is 4.79 Å². The first-order valence-corrected chi connectivity index (χ1v) is 4.44. The van der Waals surface area contributed by atoms with E-state index in [4.69, 9.17) is 0 Å². The molecule has 0 aromatic carbocycles. The lowest BCUT2D eigenvalue weighted by molar-refractivity contribution is -0.124. The number of hydrogen-bond donors (Lipinski definition) is 1. The van der Waals surface area contributed by atoms with Crippen molar-refractivity contribution in [2.75, 3.05) is 0 Å². The summed E-state index contributed by atoms with van der Waals surface area (Å²) in [6.07, 6.45) is 4.84. The number of hydrogen-bond acceptors (Lipinski definition) is 1. The molecule has 0 aromatic heterocycles. The Morgan fingerprint density at radius 2 is 2.38 bits per heavy atom. The fraction of sp³-hybridized carbons (Fsp3) is 0.500. The van der Waals surface area contributed by atoms with Gasteiger partial charge in [0.1, 0.15) is 5.83 Å². The SMILES string of the molecule is CC(C)NC(=O)C1C=CC(F)=CC1. The van der Waals surface area contributed by atoms with E-state index in [0.29, 0.717) is 6.42 Å². The first-order valence-electron chi connectivity index (χ1n) is 4.44. The Bertz CT molecular complexity index is 256. The lowest BCUT2D eigenvalue weighted by atomic mass is 9.99. The topological polar surface area (TPSA) is 29.1 Å². The highest BCUT2D eigenvalue weighted by atomic mass is 19.1. The average Bonchev–Trinajstić information content (AvgIpc) is 2.04. The highest BCUT2D eigenvalue weighted by molar-refractivity contribution is 5.81. The van der Waals surface area contributed by atoms with Gasteiger partial charge in [0.25, 0.3) is 0 Å². The van der Waals surface area contributed by atoms with Crippen LogP contribution in [0.3, 0.4) is 0 Å². The van der Waals surface area contributed by atoms with Gasteiger partial charge < -0.3 is 5.32 Å². The standard InChI is InChI=1S/C10H14FNO/c1-7(2)12-10(13)8-3-5-9(11)6-4-8/h3,5-8H,4H2,1-2H3,(H,12,13). The zero-order valence-corrected chi connectivity index (χ0v) is 7.88. The average molecular weight is 183 g/mol. The number of carbonyl (C=O) groups is 1. The largest absolute Gasteiger partial charge is 0.353 e. The van der Waals surface area contributed by atoms with Crippen LogP contribution in [0, 0.1) is 5.92 Å². The third-order valence-corrected chi connectivity index (χ3v) is 1.82. The Morgan fingerprint density at radius 3 is 2.85 bits per heavy atom. The van der Waals surface area contributed by atoms with Crippen LogP contribution in [0.15, 0.2) is 24.1 Å². The van der Waals surface area contributed by atoms with Crippen molar-refractivity contribution in [3.63, 3.8) is 0 Å². The minimum atomic E-state index is -0.256. The van der Waals surface area contributed by atoms with E-state index in [2.05, 4.69) is 5.32 Å². The Labute approximate surface area is 77.5 Å². The summed E-state index contributed by atoms with van der Waals surface area (Å²) in [6.45, 7) is 3.81. The summed E-state index contributed by atoms with van der Waals surface area (Å²) in [5.74, 6) is -0.495. The van der Waals surface area contributed by atoms with Crippen molar-refractivity contribution in [1.29, 1.82) is 0 Å². The van der Waals surface area contributed by atoms with Crippen molar-refractivity contribution >= 4 is 5.91 Å². The molecule has 1 aliphatic carbocycles. The van der Waals surface area contributed by atoms with Gasteiger partial charge in [-0.2, -0.15) is 0 Å². The van der Waals surface area contributed by atoms with Crippen LogP contribution >= 0.6 is 0 Å². The van der Waals surface area contributed by atoms with Gasteiger partial charge in [-0.15, -0.1) is 0 Å². The first kappa shape index (κ1) is 9.96. The van der Waals surface area contributed by atoms with Crippen molar-refractivity contribution < 1.29 is 9.18 Å². The molecule has 0 spiro atoms. The predicted octanol–water partition coefficient (Wildman–Crippen LogP) is 1.94.